The summed E-state index contributed by atoms with van der Waals surface area (Å²) in [7, 11) is 0. The predicted octanol–water partition coefficient (Wildman–Crippen LogP) is 15.8. The van der Waals surface area contributed by atoms with Gasteiger partial charge in [0, 0.05) is 50.8 Å². The van der Waals surface area contributed by atoms with Crippen molar-refractivity contribution in [1.82, 2.24) is 19.9 Å². The average Bonchev–Trinajstić information content (AvgIpc) is 3.84. The molecular formula is C60H36N4O. The average molecular weight is 829 g/mol. The standard InChI is InChI=1S/C60H36N4O/c1-2-12-39(13-3-1)60-64-59-56(65-60)29-28-50-57(59)49-16-6-7-19-55(49)63-58(50)38-22-20-37(21-23-38)40-24-26-47-48-27-25-41(36-52(48)46-15-5-4-14-45(46)51(47)35-40)42-32-43(53-17-8-10-30-61-53)34-44(33-42)54-18-9-11-31-62-54/h1-36H. The minimum absolute atomic E-state index is 0.610. The van der Waals surface area contributed by atoms with E-state index in [9.17, 15) is 0 Å². The van der Waals surface area contributed by atoms with E-state index in [-0.39, 0.29) is 0 Å². The molecule has 65 heavy (non-hydrogen) atoms. The molecule has 0 saturated carbocycles. The minimum Gasteiger partial charge on any atom is -0.436 e. The molecule has 13 aromatic rings. The first-order valence-corrected chi connectivity index (χ1v) is 21.8. The van der Waals surface area contributed by atoms with Gasteiger partial charge in [0.1, 0.15) is 5.52 Å². The highest BCUT2D eigenvalue weighted by Gasteiger charge is 2.19. The lowest BCUT2D eigenvalue weighted by Gasteiger charge is -2.15. The maximum Gasteiger partial charge on any atom is 0.227 e. The van der Waals surface area contributed by atoms with Gasteiger partial charge in [-0.25, -0.2) is 9.97 Å². The fourth-order valence-electron chi connectivity index (χ4n) is 9.64. The molecule has 5 heteroatoms. The lowest BCUT2D eigenvalue weighted by molar-refractivity contribution is 0.620. The maximum atomic E-state index is 6.33. The molecule has 0 bridgehead atoms. The summed E-state index contributed by atoms with van der Waals surface area (Å²) in [4.78, 5) is 19.7. The van der Waals surface area contributed by atoms with Crippen molar-refractivity contribution in [3.8, 4) is 67.5 Å². The Bertz CT molecular complexity index is 3900. The number of oxazole rings is 1. The molecule has 0 aliphatic heterocycles. The Labute approximate surface area is 374 Å². The van der Waals surface area contributed by atoms with Crippen LogP contribution in [-0.2, 0) is 0 Å². The van der Waals surface area contributed by atoms with E-state index in [1.54, 1.807) is 0 Å². The molecule has 13 rings (SSSR count). The Balaban J connectivity index is 0.907. The van der Waals surface area contributed by atoms with Crippen LogP contribution in [0.25, 0.3) is 133 Å². The molecule has 0 spiro atoms. The van der Waals surface area contributed by atoms with E-state index in [2.05, 4.69) is 140 Å². The summed E-state index contributed by atoms with van der Waals surface area (Å²) in [5.74, 6) is 0.610. The van der Waals surface area contributed by atoms with Crippen LogP contribution in [0.3, 0.4) is 0 Å². The summed E-state index contributed by atoms with van der Waals surface area (Å²) in [5, 5.41) is 10.5. The quantitative estimate of drug-likeness (QED) is 0.156. The van der Waals surface area contributed by atoms with Crippen molar-refractivity contribution in [2.75, 3.05) is 0 Å². The van der Waals surface area contributed by atoms with Crippen molar-refractivity contribution in [3.05, 3.63) is 219 Å². The van der Waals surface area contributed by atoms with Crippen LogP contribution >= 0.6 is 0 Å². The van der Waals surface area contributed by atoms with Crippen LogP contribution in [-0.4, -0.2) is 19.9 Å². The van der Waals surface area contributed by atoms with Gasteiger partial charge < -0.3 is 4.42 Å². The Hall–Kier alpha value is -8.80. The zero-order valence-electron chi connectivity index (χ0n) is 35.0. The van der Waals surface area contributed by atoms with Crippen molar-refractivity contribution in [2.45, 2.75) is 0 Å². The molecule has 9 aromatic carbocycles. The Morgan fingerprint density at radius 1 is 0.308 bits per heavy atom. The number of benzene rings is 9. The first-order valence-electron chi connectivity index (χ1n) is 21.8. The summed E-state index contributed by atoms with van der Waals surface area (Å²) in [6.45, 7) is 0. The SMILES string of the molecule is c1ccc(-c2nc3c(ccc4c(-c5ccc(-c6ccc7c8ccc(-c9cc(-c%10ccccn%10)cc(-c%10ccccn%10)c9)cc8c8ccccc8c7c6)cc5)nc5ccccc5c43)o2)cc1. The molecular weight excluding hydrogens is 793 g/mol. The summed E-state index contributed by atoms with van der Waals surface area (Å²) in [6, 6.07) is 72.7. The van der Waals surface area contributed by atoms with Crippen LogP contribution in [0.1, 0.15) is 0 Å². The summed E-state index contributed by atoms with van der Waals surface area (Å²) >= 11 is 0. The van der Waals surface area contributed by atoms with E-state index in [1.165, 1.54) is 32.3 Å². The third-order valence-corrected chi connectivity index (χ3v) is 12.8. The molecule has 0 radical (unpaired) electrons. The van der Waals surface area contributed by atoms with Crippen molar-refractivity contribution < 1.29 is 4.42 Å². The van der Waals surface area contributed by atoms with E-state index in [4.69, 9.17) is 24.4 Å². The first-order chi connectivity index (χ1) is 32.2. The topological polar surface area (TPSA) is 64.7 Å². The lowest BCUT2D eigenvalue weighted by Crippen LogP contribution is -1.91. The van der Waals surface area contributed by atoms with Gasteiger partial charge in [0.05, 0.1) is 22.6 Å². The summed E-state index contributed by atoms with van der Waals surface area (Å²) in [6.07, 6.45) is 3.69. The Morgan fingerprint density at radius 2 is 0.831 bits per heavy atom. The van der Waals surface area contributed by atoms with Crippen LogP contribution in [0.4, 0.5) is 0 Å². The first kappa shape index (κ1) is 36.8. The number of hydrogen-bond donors (Lipinski definition) is 0. The second-order valence-corrected chi connectivity index (χ2v) is 16.6. The van der Waals surface area contributed by atoms with Gasteiger partial charge in [0.25, 0.3) is 0 Å². The second-order valence-electron chi connectivity index (χ2n) is 16.6. The zero-order valence-corrected chi connectivity index (χ0v) is 35.0. The van der Waals surface area contributed by atoms with Crippen LogP contribution < -0.4 is 0 Å². The van der Waals surface area contributed by atoms with Gasteiger partial charge in [-0.2, -0.15) is 0 Å². The van der Waals surface area contributed by atoms with Gasteiger partial charge in [0.15, 0.2) is 5.58 Å². The number of fused-ring (bicyclic) bond motifs is 11. The van der Waals surface area contributed by atoms with Crippen molar-refractivity contribution in [1.29, 1.82) is 0 Å². The van der Waals surface area contributed by atoms with Crippen LogP contribution in [0.15, 0.2) is 223 Å². The molecule has 0 saturated heterocycles. The van der Waals surface area contributed by atoms with Gasteiger partial charge in [-0.05, 0) is 140 Å². The van der Waals surface area contributed by atoms with Gasteiger partial charge in [-0.3, -0.25) is 9.97 Å². The molecule has 0 amide bonds. The van der Waals surface area contributed by atoms with Gasteiger partial charge in [-0.1, -0.05) is 121 Å². The zero-order chi connectivity index (χ0) is 42.8. The van der Waals surface area contributed by atoms with Crippen molar-refractivity contribution in [2.24, 2.45) is 0 Å². The molecule has 4 aromatic heterocycles. The third kappa shape index (κ3) is 6.24. The predicted molar refractivity (Wildman–Crippen MR) is 268 cm³/mol. The molecule has 5 nitrogen and oxygen atoms in total. The van der Waals surface area contributed by atoms with Crippen molar-refractivity contribution >= 4 is 65.1 Å². The van der Waals surface area contributed by atoms with Gasteiger partial charge in [-0.15, -0.1) is 0 Å². The highest BCUT2D eigenvalue weighted by atomic mass is 16.3. The summed E-state index contributed by atoms with van der Waals surface area (Å²) < 4.78 is 6.33. The number of para-hydroxylation sites is 1. The number of pyridine rings is 3. The van der Waals surface area contributed by atoms with Gasteiger partial charge >= 0.3 is 0 Å². The smallest absolute Gasteiger partial charge is 0.227 e. The number of nitrogens with zero attached hydrogens (tertiary/aromatic N) is 4. The molecule has 0 atom stereocenters. The third-order valence-electron chi connectivity index (χ3n) is 12.8. The number of hydrogen-bond acceptors (Lipinski definition) is 5. The number of aromatic nitrogens is 4. The van der Waals surface area contributed by atoms with E-state index in [0.717, 1.165) is 94.4 Å². The van der Waals surface area contributed by atoms with E-state index in [1.807, 2.05) is 79.1 Å². The molecule has 4 heterocycles. The lowest BCUT2D eigenvalue weighted by atomic mass is 9.89. The Morgan fingerprint density at radius 3 is 1.48 bits per heavy atom. The van der Waals surface area contributed by atoms with E-state index < -0.39 is 0 Å². The fourth-order valence-corrected chi connectivity index (χ4v) is 9.64. The monoisotopic (exact) mass is 828 g/mol. The molecule has 0 aliphatic rings. The molecule has 0 fully saturated rings. The van der Waals surface area contributed by atoms with E-state index in [0.29, 0.717) is 5.89 Å². The minimum atomic E-state index is 0.610. The van der Waals surface area contributed by atoms with Crippen LogP contribution in [0, 0.1) is 0 Å². The van der Waals surface area contributed by atoms with Crippen LogP contribution in [0.2, 0.25) is 0 Å². The Kier molecular flexibility index (Phi) is 8.46. The maximum absolute atomic E-state index is 6.33. The van der Waals surface area contributed by atoms with Crippen molar-refractivity contribution in [3.63, 3.8) is 0 Å². The fraction of sp³-hybridized carbons (Fsp3) is 0. The molecule has 0 N–H and O–H groups in total. The summed E-state index contributed by atoms with van der Waals surface area (Å²) in [5.41, 5.74) is 14.0. The normalized spacial score (nSPS) is 11.7. The van der Waals surface area contributed by atoms with E-state index >= 15 is 0 Å². The number of rotatable bonds is 6. The molecule has 302 valence electrons. The highest BCUT2D eigenvalue weighted by molar-refractivity contribution is 6.26. The van der Waals surface area contributed by atoms with Crippen LogP contribution in [0.5, 0.6) is 0 Å². The molecule has 0 unspecified atom stereocenters. The molecule has 0 aliphatic carbocycles. The largest absolute Gasteiger partial charge is 0.436 e. The highest BCUT2D eigenvalue weighted by Crippen LogP contribution is 2.42. The second kappa shape index (κ2) is 14.9. The van der Waals surface area contributed by atoms with Gasteiger partial charge in [0.2, 0.25) is 5.89 Å².